The van der Waals surface area contributed by atoms with E-state index in [9.17, 15) is 9.90 Å². The van der Waals surface area contributed by atoms with E-state index in [4.69, 9.17) is 4.74 Å². The summed E-state index contributed by atoms with van der Waals surface area (Å²) < 4.78 is 5.60. The fraction of sp³-hybridized carbons (Fsp3) is 0.667. The normalized spacial score (nSPS) is 54.8. The Morgan fingerprint density at radius 1 is 1.25 bits per heavy atom. The van der Waals surface area contributed by atoms with Crippen molar-refractivity contribution in [3.63, 3.8) is 0 Å². The maximum Gasteiger partial charge on any atom is 0.178 e. The second-order valence-corrected chi connectivity index (χ2v) is 9.00. The maximum atomic E-state index is 11.8. The SMILES string of the molecule is C[C@]12C[C@@H](O)[C@H]3[C@@H](CCC4=CC(=O)C=C[C@@]43C)[C@@H]1C=C[C@@H]2[C@H]1CO1. The number of carbonyl (C=O) groups excluding carboxylic acids is 1. The molecule has 5 rings (SSSR count). The van der Waals surface area contributed by atoms with Gasteiger partial charge in [-0.25, -0.2) is 0 Å². The average molecular weight is 326 g/mol. The molecule has 1 N–H and O–H groups in total. The molecule has 0 aromatic heterocycles. The minimum absolute atomic E-state index is 0.0998. The van der Waals surface area contributed by atoms with E-state index in [0.717, 1.165) is 25.9 Å². The van der Waals surface area contributed by atoms with Crippen molar-refractivity contribution in [2.75, 3.05) is 6.61 Å². The number of allylic oxidation sites excluding steroid dienone is 5. The van der Waals surface area contributed by atoms with E-state index in [2.05, 4.69) is 32.1 Å². The molecular formula is C21H26O3. The number of carbonyl (C=O) groups is 1. The van der Waals surface area contributed by atoms with Crippen LogP contribution in [-0.4, -0.2) is 29.7 Å². The quantitative estimate of drug-likeness (QED) is 0.595. The number of rotatable bonds is 1. The van der Waals surface area contributed by atoms with E-state index < -0.39 is 0 Å². The Morgan fingerprint density at radius 2 is 2.00 bits per heavy atom. The van der Waals surface area contributed by atoms with Crippen LogP contribution in [0.1, 0.15) is 33.1 Å². The third kappa shape index (κ3) is 1.83. The number of aliphatic hydroxyl groups is 1. The van der Waals surface area contributed by atoms with Gasteiger partial charge in [-0.15, -0.1) is 0 Å². The van der Waals surface area contributed by atoms with Gasteiger partial charge in [0, 0.05) is 17.3 Å². The molecule has 3 fully saturated rings. The van der Waals surface area contributed by atoms with Gasteiger partial charge in [-0.05, 0) is 48.7 Å². The van der Waals surface area contributed by atoms with E-state index in [-0.39, 0.29) is 28.6 Å². The summed E-state index contributed by atoms with van der Waals surface area (Å²) in [5.74, 6) is 1.76. The fourth-order valence-electron chi connectivity index (χ4n) is 6.63. The lowest BCUT2D eigenvalue weighted by molar-refractivity contribution is -0.115. The van der Waals surface area contributed by atoms with Crippen LogP contribution in [0.2, 0.25) is 0 Å². The van der Waals surface area contributed by atoms with Gasteiger partial charge in [-0.3, -0.25) is 4.79 Å². The number of aliphatic hydroxyl groups excluding tert-OH is 1. The highest BCUT2D eigenvalue weighted by atomic mass is 16.6. The molecule has 0 unspecified atom stereocenters. The molecule has 8 atom stereocenters. The van der Waals surface area contributed by atoms with Gasteiger partial charge in [0.2, 0.25) is 0 Å². The molecule has 128 valence electrons. The summed E-state index contributed by atoms with van der Waals surface area (Å²) in [5.41, 5.74) is 1.18. The lowest BCUT2D eigenvalue weighted by atomic mass is 9.46. The van der Waals surface area contributed by atoms with Crippen LogP contribution >= 0.6 is 0 Å². The summed E-state index contributed by atoms with van der Waals surface area (Å²) in [7, 11) is 0. The summed E-state index contributed by atoms with van der Waals surface area (Å²) in [6.45, 7) is 5.46. The van der Waals surface area contributed by atoms with Crippen LogP contribution in [0.25, 0.3) is 0 Å². The molecule has 1 saturated heterocycles. The Labute approximate surface area is 143 Å². The van der Waals surface area contributed by atoms with Crippen molar-refractivity contribution >= 4 is 5.78 Å². The van der Waals surface area contributed by atoms with Crippen molar-refractivity contribution in [3.05, 3.63) is 36.0 Å². The van der Waals surface area contributed by atoms with Gasteiger partial charge in [0.05, 0.1) is 18.8 Å². The van der Waals surface area contributed by atoms with Crippen LogP contribution in [0.4, 0.5) is 0 Å². The minimum atomic E-state index is -0.316. The van der Waals surface area contributed by atoms with Crippen LogP contribution in [0.15, 0.2) is 36.0 Å². The predicted octanol–water partition coefficient (Wildman–Crippen LogP) is 3.06. The molecule has 1 heterocycles. The number of fused-ring (bicyclic) bond motifs is 5. The Kier molecular flexibility index (Phi) is 2.96. The van der Waals surface area contributed by atoms with Crippen molar-refractivity contribution in [3.8, 4) is 0 Å². The lowest BCUT2D eigenvalue weighted by Gasteiger charge is -2.58. The van der Waals surface area contributed by atoms with E-state index in [1.165, 1.54) is 5.57 Å². The molecule has 0 spiro atoms. The largest absolute Gasteiger partial charge is 0.393 e. The Hall–Kier alpha value is -1.19. The van der Waals surface area contributed by atoms with Gasteiger partial charge in [0.25, 0.3) is 0 Å². The van der Waals surface area contributed by atoms with Crippen LogP contribution in [0.3, 0.4) is 0 Å². The summed E-state index contributed by atoms with van der Waals surface area (Å²) in [5, 5.41) is 11.2. The Balaban J connectivity index is 1.54. The van der Waals surface area contributed by atoms with Crippen LogP contribution in [0, 0.1) is 34.5 Å². The van der Waals surface area contributed by atoms with Gasteiger partial charge in [0.1, 0.15) is 0 Å². The highest BCUT2D eigenvalue weighted by Gasteiger charge is 2.62. The number of hydrogen-bond donors (Lipinski definition) is 1. The molecule has 1 aliphatic heterocycles. The van der Waals surface area contributed by atoms with Gasteiger partial charge in [-0.1, -0.05) is 37.6 Å². The second-order valence-electron chi connectivity index (χ2n) is 9.00. The number of ether oxygens (including phenoxy) is 1. The van der Waals surface area contributed by atoms with Gasteiger partial charge in [-0.2, -0.15) is 0 Å². The van der Waals surface area contributed by atoms with Crippen molar-refractivity contribution < 1.29 is 14.6 Å². The highest BCUT2D eigenvalue weighted by Crippen LogP contribution is 2.65. The third-order valence-corrected chi connectivity index (χ3v) is 7.84. The van der Waals surface area contributed by atoms with Crippen molar-refractivity contribution in [1.29, 1.82) is 0 Å². The maximum absolute atomic E-state index is 11.8. The van der Waals surface area contributed by atoms with Gasteiger partial charge >= 0.3 is 0 Å². The topological polar surface area (TPSA) is 49.8 Å². The zero-order valence-electron chi connectivity index (χ0n) is 14.4. The van der Waals surface area contributed by atoms with E-state index in [1.807, 2.05) is 6.08 Å². The Morgan fingerprint density at radius 3 is 2.75 bits per heavy atom. The van der Waals surface area contributed by atoms with Gasteiger partial charge in [0.15, 0.2) is 5.78 Å². The summed E-state index contributed by atoms with van der Waals surface area (Å²) >= 11 is 0. The molecule has 0 bridgehead atoms. The summed E-state index contributed by atoms with van der Waals surface area (Å²) in [6.07, 6.45) is 13.3. The first-order chi connectivity index (χ1) is 11.4. The molecule has 3 heteroatoms. The predicted molar refractivity (Wildman–Crippen MR) is 91.1 cm³/mol. The number of ketones is 1. The summed E-state index contributed by atoms with van der Waals surface area (Å²) in [4.78, 5) is 11.8. The second kappa shape index (κ2) is 4.70. The first-order valence-corrected chi connectivity index (χ1v) is 9.36. The third-order valence-electron chi connectivity index (χ3n) is 7.84. The molecule has 24 heavy (non-hydrogen) atoms. The molecule has 2 saturated carbocycles. The van der Waals surface area contributed by atoms with Crippen molar-refractivity contribution in [1.82, 2.24) is 0 Å². The zero-order valence-corrected chi connectivity index (χ0v) is 14.4. The smallest absolute Gasteiger partial charge is 0.178 e. The minimum Gasteiger partial charge on any atom is -0.393 e. The highest BCUT2D eigenvalue weighted by molar-refractivity contribution is 6.01. The molecule has 4 aliphatic carbocycles. The lowest BCUT2D eigenvalue weighted by Crippen LogP contribution is -2.56. The number of hydrogen-bond acceptors (Lipinski definition) is 3. The molecule has 0 aromatic rings. The summed E-state index contributed by atoms with van der Waals surface area (Å²) in [6, 6.07) is 0. The molecule has 0 aromatic carbocycles. The monoisotopic (exact) mass is 326 g/mol. The first kappa shape index (κ1) is 15.1. The van der Waals surface area contributed by atoms with Crippen molar-refractivity contribution in [2.45, 2.75) is 45.3 Å². The van der Waals surface area contributed by atoms with E-state index in [1.54, 1.807) is 6.08 Å². The van der Waals surface area contributed by atoms with Crippen LogP contribution in [0.5, 0.6) is 0 Å². The van der Waals surface area contributed by atoms with Crippen LogP contribution in [-0.2, 0) is 9.53 Å². The first-order valence-electron chi connectivity index (χ1n) is 9.36. The van der Waals surface area contributed by atoms with Gasteiger partial charge < -0.3 is 9.84 Å². The molecule has 0 amide bonds. The van der Waals surface area contributed by atoms with Crippen LogP contribution < -0.4 is 0 Å². The number of epoxide rings is 1. The molecule has 0 radical (unpaired) electrons. The fourth-order valence-corrected chi connectivity index (χ4v) is 6.63. The van der Waals surface area contributed by atoms with E-state index >= 15 is 0 Å². The molecular weight excluding hydrogens is 300 g/mol. The zero-order chi connectivity index (χ0) is 16.7. The average Bonchev–Trinajstić information content (AvgIpc) is 3.30. The molecule has 3 nitrogen and oxygen atoms in total. The Bertz CT molecular complexity index is 685. The molecule has 5 aliphatic rings. The van der Waals surface area contributed by atoms with E-state index in [0.29, 0.717) is 23.9 Å². The van der Waals surface area contributed by atoms with Crippen molar-refractivity contribution in [2.24, 2.45) is 34.5 Å². The standard InChI is InChI=1S/C21H26O3/c1-20-8-7-13(22)9-12(20)3-4-14-15-5-6-16(18-11-24-18)21(15,2)10-17(23)19(14)20/h5-9,14-19,23H,3-4,10-11H2,1-2H3/t14-,15-,16+,17+,18+,19+,20-,21-/m0/s1.